The van der Waals surface area contributed by atoms with Gasteiger partial charge in [-0.2, -0.15) is 5.10 Å². The van der Waals surface area contributed by atoms with Crippen LogP contribution in [0.15, 0.2) is 65.1 Å². The van der Waals surface area contributed by atoms with Gasteiger partial charge < -0.3 is 9.84 Å². The molecule has 0 aliphatic rings. The third kappa shape index (κ3) is 4.41. The van der Waals surface area contributed by atoms with Crippen molar-refractivity contribution in [2.45, 2.75) is 32.6 Å². The molecule has 0 aliphatic carbocycles. The molecule has 5 heteroatoms. The van der Waals surface area contributed by atoms with Crippen LogP contribution in [0.2, 0.25) is 0 Å². The van der Waals surface area contributed by atoms with Gasteiger partial charge in [0, 0.05) is 5.69 Å². The molecule has 0 spiro atoms. The van der Waals surface area contributed by atoms with Crippen molar-refractivity contribution >= 4 is 15.9 Å². The molecule has 3 aromatic rings. The third-order valence-corrected chi connectivity index (χ3v) is 5.48. The average Bonchev–Trinajstić information content (AvgIpc) is 2.90. The second-order valence-corrected chi connectivity index (χ2v) is 7.15. The molecular weight excluding hydrogens is 392 g/mol. The molecule has 136 valence electrons. The maximum atomic E-state index is 10.5. The lowest BCUT2D eigenvalue weighted by atomic mass is 10.0. The molecule has 1 heterocycles. The number of aromatic nitrogens is 2. The fourth-order valence-corrected chi connectivity index (χ4v) is 3.24. The van der Waals surface area contributed by atoms with Crippen LogP contribution in [0.25, 0.3) is 0 Å². The quantitative estimate of drug-likeness (QED) is 0.621. The van der Waals surface area contributed by atoms with Gasteiger partial charge >= 0.3 is 0 Å². The summed E-state index contributed by atoms with van der Waals surface area (Å²) in [4.78, 5) is 0. The van der Waals surface area contributed by atoms with Crippen molar-refractivity contribution in [2.24, 2.45) is 0 Å². The number of rotatable bonds is 7. The molecule has 0 fully saturated rings. The molecule has 26 heavy (non-hydrogen) atoms. The van der Waals surface area contributed by atoms with Crippen LogP contribution in [0, 0.1) is 13.8 Å². The summed E-state index contributed by atoms with van der Waals surface area (Å²) in [5, 5.41) is 14.9. The van der Waals surface area contributed by atoms with Crippen molar-refractivity contribution < 1.29 is 9.84 Å². The standard InChI is InChI=1S/C21H23BrN2O2/c1-15-20(22)16(2)24(23-15)13-19(25)14-26-21(17-9-5-3-6-10-17)18-11-7-4-8-12-18/h3-12,19,21,25H,13-14H2,1-2H3/t19-/m0/s1. The molecule has 0 aliphatic heterocycles. The van der Waals surface area contributed by atoms with E-state index in [0.717, 1.165) is 27.0 Å². The highest BCUT2D eigenvalue weighted by Gasteiger charge is 2.18. The largest absolute Gasteiger partial charge is 0.389 e. The number of aliphatic hydroxyl groups excluding tert-OH is 1. The minimum Gasteiger partial charge on any atom is -0.389 e. The van der Waals surface area contributed by atoms with Gasteiger partial charge in [-0.15, -0.1) is 0 Å². The van der Waals surface area contributed by atoms with E-state index in [9.17, 15) is 5.11 Å². The minimum absolute atomic E-state index is 0.209. The first kappa shape index (κ1) is 18.8. The van der Waals surface area contributed by atoms with E-state index in [1.54, 1.807) is 0 Å². The molecular formula is C21H23BrN2O2. The van der Waals surface area contributed by atoms with E-state index in [2.05, 4.69) is 21.0 Å². The van der Waals surface area contributed by atoms with E-state index in [1.165, 1.54) is 0 Å². The van der Waals surface area contributed by atoms with Crippen LogP contribution in [-0.4, -0.2) is 27.6 Å². The normalized spacial score (nSPS) is 12.5. The Morgan fingerprint density at radius 2 is 1.54 bits per heavy atom. The number of aryl methyl sites for hydroxylation is 1. The summed E-state index contributed by atoms with van der Waals surface area (Å²) in [6.45, 7) is 4.55. The van der Waals surface area contributed by atoms with Crippen LogP contribution in [0.1, 0.15) is 28.6 Å². The predicted molar refractivity (Wildman–Crippen MR) is 106 cm³/mol. The SMILES string of the molecule is Cc1nn(C[C@H](O)COC(c2ccccc2)c2ccccc2)c(C)c1Br. The lowest BCUT2D eigenvalue weighted by Gasteiger charge is -2.21. The molecule has 0 unspecified atom stereocenters. The molecule has 1 aromatic heterocycles. The van der Waals surface area contributed by atoms with Crippen molar-refractivity contribution in [1.82, 2.24) is 9.78 Å². The smallest absolute Gasteiger partial charge is 0.108 e. The van der Waals surface area contributed by atoms with E-state index in [-0.39, 0.29) is 12.7 Å². The summed E-state index contributed by atoms with van der Waals surface area (Å²) in [7, 11) is 0. The van der Waals surface area contributed by atoms with E-state index >= 15 is 0 Å². The summed E-state index contributed by atoms with van der Waals surface area (Å²) in [6.07, 6.45) is -0.853. The van der Waals surface area contributed by atoms with Gasteiger partial charge in [0.15, 0.2) is 0 Å². The lowest BCUT2D eigenvalue weighted by molar-refractivity contribution is -0.00215. The Labute approximate surface area is 162 Å². The Morgan fingerprint density at radius 3 is 2.00 bits per heavy atom. The minimum atomic E-state index is -0.644. The van der Waals surface area contributed by atoms with Gasteiger partial charge in [-0.25, -0.2) is 0 Å². The van der Waals surface area contributed by atoms with E-state index < -0.39 is 6.10 Å². The molecule has 4 nitrogen and oxygen atoms in total. The number of ether oxygens (including phenoxy) is 1. The highest BCUT2D eigenvalue weighted by atomic mass is 79.9. The molecule has 3 rings (SSSR count). The van der Waals surface area contributed by atoms with E-state index in [0.29, 0.717) is 6.54 Å². The van der Waals surface area contributed by atoms with Crippen LogP contribution < -0.4 is 0 Å². The zero-order valence-corrected chi connectivity index (χ0v) is 16.6. The molecule has 1 atom stereocenters. The van der Waals surface area contributed by atoms with Gasteiger partial charge in [-0.1, -0.05) is 60.7 Å². The number of halogens is 1. The van der Waals surface area contributed by atoms with Crippen LogP contribution in [0.5, 0.6) is 0 Å². The monoisotopic (exact) mass is 414 g/mol. The maximum Gasteiger partial charge on any atom is 0.108 e. The number of nitrogens with zero attached hydrogens (tertiary/aromatic N) is 2. The van der Waals surface area contributed by atoms with Gasteiger partial charge in [-0.3, -0.25) is 4.68 Å². The van der Waals surface area contributed by atoms with E-state index in [4.69, 9.17) is 4.74 Å². The Morgan fingerprint density at radius 1 is 1.00 bits per heavy atom. The average molecular weight is 415 g/mol. The number of hydrogen-bond donors (Lipinski definition) is 1. The number of hydrogen-bond acceptors (Lipinski definition) is 3. The van der Waals surface area contributed by atoms with Crippen LogP contribution >= 0.6 is 15.9 Å². The van der Waals surface area contributed by atoms with Crippen molar-refractivity contribution in [2.75, 3.05) is 6.61 Å². The first-order valence-electron chi connectivity index (χ1n) is 8.65. The van der Waals surface area contributed by atoms with Crippen LogP contribution in [-0.2, 0) is 11.3 Å². The zero-order valence-electron chi connectivity index (χ0n) is 15.0. The Hall–Kier alpha value is -1.95. The Kier molecular flexibility index (Phi) is 6.25. The molecule has 0 saturated heterocycles. The number of benzene rings is 2. The summed E-state index contributed by atoms with van der Waals surface area (Å²) in [6, 6.07) is 20.1. The number of aliphatic hydroxyl groups is 1. The molecule has 0 saturated carbocycles. The van der Waals surface area contributed by atoms with Gasteiger partial charge in [0.1, 0.15) is 6.10 Å². The fraction of sp³-hybridized carbons (Fsp3) is 0.286. The second-order valence-electron chi connectivity index (χ2n) is 6.36. The predicted octanol–water partition coefficient (Wildman–Crippen LogP) is 4.43. The maximum absolute atomic E-state index is 10.5. The van der Waals surface area contributed by atoms with Crippen LogP contribution in [0.4, 0.5) is 0 Å². The van der Waals surface area contributed by atoms with Crippen molar-refractivity contribution in [3.8, 4) is 0 Å². The summed E-state index contributed by atoms with van der Waals surface area (Å²) in [5.74, 6) is 0. The first-order chi connectivity index (χ1) is 12.6. The topological polar surface area (TPSA) is 47.3 Å². The Bertz CT molecular complexity index is 794. The molecule has 1 N–H and O–H groups in total. The second kappa shape index (κ2) is 8.62. The fourth-order valence-electron chi connectivity index (χ4n) is 2.95. The van der Waals surface area contributed by atoms with E-state index in [1.807, 2.05) is 79.2 Å². The van der Waals surface area contributed by atoms with Gasteiger partial charge in [0.05, 0.1) is 29.4 Å². The Balaban J connectivity index is 1.70. The molecule has 0 radical (unpaired) electrons. The highest BCUT2D eigenvalue weighted by Crippen LogP contribution is 2.26. The van der Waals surface area contributed by atoms with Crippen molar-refractivity contribution in [3.63, 3.8) is 0 Å². The summed E-state index contributed by atoms with van der Waals surface area (Å²) in [5.41, 5.74) is 4.06. The molecule has 2 aromatic carbocycles. The van der Waals surface area contributed by atoms with Gasteiger partial charge in [0.2, 0.25) is 0 Å². The lowest BCUT2D eigenvalue weighted by Crippen LogP contribution is -2.24. The zero-order chi connectivity index (χ0) is 18.5. The first-order valence-corrected chi connectivity index (χ1v) is 9.44. The van der Waals surface area contributed by atoms with Crippen molar-refractivity contribution in [1.29, 1.82) is 0 Å². The molecule has 0 bridgehead atoms. The third-order valence-electron chi connectivity index (χ3n) is 4.34. The summed E-state index contributed by atoms with van der Waals surface area (Å²) >= 11 is 3.52. The van der Waals surface area contributed by atoms with Crippen molar-refractivity contribution in [3.05, 3.63) is 87.7 Å². The molecule has 0 amide bonds. The highest BCUT2D eigenvalue weighted by molar-refractivity contribution is 9.10. The van der Waals surface area contributed by atoms with Crippen LogP contribution in [0.3, 0.4) is 0 Å². The van der Waals surface area contributed by atoms with Gasteiger partial charge in [0.25, 0.3) is 0 Å². The summed E-state index contributed by atoms with van der Waals surface area (Å²) < 4.78 is 8.92. The van der Waals surface area contributed by atoms with Gasteiger partial charge in [-0.05, 0) is 40.9 Å².